The molecule has 1 fully saturated rings. The number of ether oxygens (including phenoxy) is 1. The molecule has 0 aliphatic carbocycles. The average Bonchev–Trinajstić information content (AvgIpc) is 2.41. The number of nitrogens with zero attached hydrogens (tertiary/aromatic N) is 1. The summed E-state index contributed by atoms with van der Waals surface area (Å²) in [5, 5.41) is 3.70. The van der Waals surface area contributed by atoms with Gasteiger partial charge in [0.25, 0.3) is 0 Å². The van der Waals surface area contributed by atoms with E-state index in [4.69, 9.17) is 16.3 Å². The zero-order chi connectivity index (χ0) is 17.4. The van der Waals surface area contributed by atoms with Gasteiger partial charge in [-0.1, -0.05) is 11.6 Å². The van der Waals surface area contributed by atoms with Crippen molar-refractivity contribution in [3.8, 4) is 0 Å². The van der Waals surface area contributed by atoms with Crippen LogP contribution >= 0.6 is 27.5 Å². The number of carbonyl (C=O) groups excluding carboxylic acids is 1. The number of benzene rings is 1. The SMILES string of the molecule is C[C@@H]1[C@@H](c2cc(Cl)cc(Br)c2F)NCCN1C(=O)OC(C)(C)C. The maximum absolute atomic E-state index is 14.5. The lowest BCUT2D eigenvalue weighted by molar-refractivity contribution is 0.00788. The molecular weight excluding hydrogens is 387 g/mol. The van der Waals surface area contributed by atoms with Gasteiger partial charge in [0, 0.05) is 23.7 Å². The van der Waals surface area contributed by atoms with Gasteiger partial charge in [0.15, 0.2) is 0 Å². The van der Waals surface area contributed by atoms with Gasteiger partial charge in [-0.2, -0.15) is 0 Å². The van der Waals surface area contributed by atoms with Crippen molar-refractivity contribution in [3.05, 3.63) is 33.0 Å². The molecule has 23 heavy (non-hydrogen) atoms. The summed E-state index contributed by atoms with van der Waals surface area (Å²) in [6.45, 7) is 8.40. The van der Waals surface area contributed by atoms with Crippen molar-refractivity contribution in [1.29, 1.82) is 0 Å². The van der Waals surface area contributed by atoms with Crippen molar-refractivity contribution in [2.24, 2.45) is 0 Å². The molecule has 0 radical (unpaired) electrons. The number of halogens is 3. The minimum atomic E-state index is -0.568. The van der Waals surface area contributed by atoms with Crippen LogP contribution in [0.15, 0.2) is 16.6 Å². The van der Waals surface area contributed by atoms with Crippen LogP contribution in [0.1, 0.15) is 39.3 Å². The van der Waals surface area contributed by atoms with E-state index >= 15 is 0 Å². The summed E-state index contributed by atoms with van der Waals surface area (Å²) in [7, 11) is 0. The number of hydrogen-bond acceptors (Lipinski definition) is 3. The molecule has 1 amide bonds. The van der Waals surface area contributed by atoms with E-state index in [1.165, 1.54) is 6.07 Å². The Bertz CT molecular complexity index is 606. The molecule has 2 rings (SSSR count). The molecule has 7 heteroatoms. The maximum atomic E-state index is 14.5. The lowest BCUT2D eigenvalue weighted by Crippen LogP contribution is -2.55. The summed E-state index contributed by atoms with van der Waals surface area (Å²) in [6.07, 6.45) is -0.391. The summed E-state index contributed by atoms with van der Waals surface area (Å²) in [6, 6.07) is 2.48. The van der Waals surface area contributed by atoms with E-state index in [0.29, 0.717) is 28.1 Å². The highest BCUT2D eigenvalue weighted by molar-refractivity contribution is 9.10. The van der Waals surface area contributed by atoms with Gasteiger partial charge in [-0.25, -0.2) is 9.18 Å². The van der Waals surface area contributed by atoms with Crippen molar-refractivity contribution >= 4 is 33.6 Å². The van der Waals surface area contributed by atoms with Gasteiger partial charge in [-0.15, -0.1) is 0 Å². The third kappa shape index (κ3) is 4.37. The van der Waals surface area contributed by atoms with Crippen LogP contribution in [0.2, 0.25) is 5.02 Å². The lowest BCUT2D eigenvalue weighted by atomic mass is 9.97. The van der Waals surface area contributed by atoms with Crippen LogP contribution < -0.4 is 5.32 Å². The van der Waals surface area contributed by atoms with E-state index < -0.39 is 11.7 Å². The number of piperazine rings is 1. The number of rotatable bonds is 1. The number of carbonyl (C=O) groups is 1. The molecule has 1 aromatic carbocycles. The Morgan fingerprint density at radius 2 is 2.13 bits per heavy atom. The molecular formula is C16H21BrClFN2O2. The predicted octanol–water partition coefficient (Wildman–Crippen LogP) is 4.51. The fourth-order valence-electron chi connectivity index (χ4n) is 2.64. The van der Waals surface area contributed by atoms with E-state index in [0.717, 1.165) is 0 Å². The summed E-state index contributed by atoms with van der Waals surface area (Å²) in [5.41, 5.74) is -0.133. The highest BCUT2D eigenvalue weighted by Gasteiger charge is 2.35. The molecule has 1 aromatic rings. The minimum absolute atomic E-state index is 0.265. The predicted molar refractivity (Wildman–Crippen MR) is 92.3 cm³/mol. The molecule has 1 aliphatic rings. The van der Waals surface area contributed by atoms with E-state index in [-0.39, 0.29) is 17.9 Å². The fourth-order valence-corrected chi connectivity index (χ4v) is 3.48. The van der Waals surface area contributed by atoms with Crippen LogP contribution in [-0.4, -0.2) is 35.7 Å². The number of hydrogen-bond donors (Lipinski definition) is 1. The van der Waals surface area contributed by atoms with E-state index in [9.17, 15) is 9.18 Å². The van der Waals surface area contributed by atoms with Gasteiger partial charge in [0.05, 0.1) is 16.6 Å². The standard InChI is InChI=1S/C16H21BrClFN2O2/c1-9-14(11-7-10(18)8-12(17)13(11)19)20-5-6-21(9)15(22)23-16(2,3)4/h7-9,14,20H,5-6H2,1-4H3/t9-,14+/m1/s1. The molecule has 1 saturated heterocycles. The zero-order valence-electron chi connectivity index (χ0n) is 13.6. The first-order chi connectivity index (χ1) is 10.6. The quantitative estimate of drug-likeness (QED) is 0.696. The monoisotopic (exact) mass is 406 g/mol. The minimum Gasteiger partial charge on any atom is -0.444 e. The summed E-state index contributed by atoms with van der Waals surface area (Å²) in [5.74, 6) is -0.371. The third-order valence-corrected chi connectivity index (χ3v) is 4.47. The van der Waals surface area contributed by atoms with Gasteiger partial charge in [-0.05, 0) is 55.8 Å². The molecule has 0 unspecified atom stereocenters. The molecule has 128 valence electrons. The van der Waals surface area contributed by atoms with E-state index in [1.807, 2.05) is 27.7 Å². The normalized spacial score (nSPS) is 22.1. The third-order valence-electron chi connectivity index (χ3n) is 3.68. The number of amides is 1. The molecule has 1 aliphatic heterocycles. The zero-order valence-corrected chi connectivity index (χ0v) is 16.0. The largest absolute Gasteiger partial charge is 0.444 e. The van der Waals surface area contributed by atoms with Crippen LogP contribution in [0.25, 0.3) is 0 Å². The molecule has 0 aromatic heterocycles. The molecule has 1 N–H and O–H groups in total. The summed E-state index contributed by atoms with van der Waals surface area (Å²) in [4.78, 5) is 14.0. The molecule has 1 heterocycles. The molecule has 2 atom stereocenters. The van der Waals surface area contributed by atoms with Crippen molar-refractivity contribution in [2.75, 3.05) is 13.1 Å². The topological polar surface area (TPSA) is 41.6 Å². The van der Waals surface area contributed by atoms with Crippen molar-refractivity contribution in [3.63, 3.8) is 0 Å². The smallest absolute Gasteiger partial charge is 0.410 e. The van der Waals surface area contributed by atoms with Gasteiger partial charge in [0.2, 0.25) is 0 Å². The second-order valence-corrected chi connectivity index (χ2v) is 7.93. The Morgan fingerprint density at radius 3 is 2.74 bits per heavy atom. The average molecular weight is 408 g/mol. The van der Waals surface area contributed by atoms with Crippen molar-refractivity contribution < 1.29 is 13.9 Å². The lowest BCUT2D eigenvalue weighted by Gasteiger charge is -2.40. The maximum Gasteiger partial charge on any atom is 0.410 e. The first kappa shape index (κ1) is 18.5. The van der Waals surface area contributed by atoms with Crippen LogP contribution in [0.4, 0.5) is 9.18 Å². The van der Waals surface area contributed by atoms with Gasteiger partial charge in [-0.3, -0.25) is 0 Å². The second kappa shape index (κ2) is 6.95. The Labute approximate surface area is 149 Å². The van der Waals surface area contributed by atoms with Crippen LogP contribution in [-0.2, 0) is 4.74 Å². The Morgan fingerprint density at radius 1 is 1.48 bits per heavy atom. The van der Waals surface area contributed by atoms with Gasteiger partial charge >= 0.3 is 6.09 Å². The highest BCUT2D eigenvalue weighted by Crippen LogP contribution is 2.32. The number of nitrogens with one attached hydrogen (secondary N) is 1. The molecule has 0 bridgehead atoms. The second-order valence-electron chi connectivity index (χ2n) is 6.64. The first-order valence-electron chi connectivity index (χ1n) is 7.47. The Balaban J connectivity index is 2.27. The summed E-state index contributed by atoms with van der Waals surface area (Å²) < 4.78 is 20.2. The molecule has 0 spiro atoms. The Kier molecular flexibility index (Phi) is 5.59. The van der Waals surface area contributed by atoms with Crippen LogP contribution in [0, 0.1) is 5.82 Å². The van der Waals surface area contributed by atoms with Crippen LogP contribution in [0.3, 0.4) is 0 Å². The van der Waals surface area contributed by atoms with Crippen molar-refractivity contribution in [2.45, 2.75) is 45.4 Å². The highest BCUT2D eigenvalue weighted by atomic mass is 79.9. The molecule has 0 saturated carbocycles. The van der Waals surface area contributed by atoms with Crippen molar-refractivity contribution in [1.82, 2.24) is 10.2 Å². The summed E-state index contributed by atoms with van der Waals surface area (Å²) >= 11 is 9.22. The van der Waals surface area contributed by atoms with E-state index in [1.54, 1.807) is 11.0 Å². The van der Waals surface area contributed by atoms with Gasteiger partial charge in [0.1, 0.15) is 11.4 Å². The fraction of sp³-hybridized carbons (Fsp3) is 0.562. The Hall–Kier alpha value is -0.850. The van der Waals surface area contributed by atoms with E-state index in [2.05, 4.69) is 21.2 Å². The first-order valence-corrected chi connectivity index (χ1v) is 8.64. The molecule has 4 nitrogen and oxygen atoms in total. The van der Waals surface area contributed by atoms with Gasteiger partial charge < -0.3 is 15.0 Å². The van der Waals surface area contributed by atoms with Crippen LogP contribution in [0.5, 0.6) is 0 Å².